The van der Waals surface area contributed by atoms with Crippen LogP contribution in [0.5, 0.6) is 0 Å². The van der Waals surface area contributed by atoms with Crippen LogP contribution in [0.15, 0.2) is 0 Å². The summed E-state index contributed by atoms with van der Waals surface area (Å²) in [6.07, 6.45) is 0.829. The summed E-state index contributed by atoms with van der Waals surface area (Å²) in [5.74, 6) is -0.816. The highest BCUT2D eigenvalue weighted by atomic mass is 16.4. The molecule has 0 aliphatic rings. The van der Waals surface area contributed by atoms with Gasteiger partial charge in [0.2, 0.25) is 0 Å². The molecule has 0 rings (SSSR count). The van der Waals surface area contributed by atoms with Crippen molar-refractivity contribution >= 4 is 5.97 Å². The van der Waals surface area contributed by atoms with E-state index < -0.39 is 5.97 Å². The number of nitrogens with two attached hydrogens (primary N) is 1. The summed E-state index contributed by atoms with van der Waals surface area (Å²) in [6, 6.07) is -0.208. The number of rotatable bonds is 5. The maximum Gasteiger partial charge on any atom is 0.304 e. The standard InChI is InChI=1S/C8H18N2O2/c1-10(2,3)5-4-7(9)6-8(11)12/h7H,4-6,9H2,1-3H3/p+1. The number of quaternary nitrogens is 1. The lowest BCUT2D eigenvalue weighted by molar-refractivity contribution is -0.870. The van der Waals surface area contributed by atoms with Crippen molar-refractivity contribution in [1.29, 1.82) is 0 Å². The molecule has 0 aromatic rings. The van der Waals surface area contributed by atoms with Gasteiger partial charge in [0.15, 0.2) is 0 Å². The number of carboxylic acid groups (broad SMARTS) is 1. The van der Waals surface area contributed by atoms with Crippen LogP contribution >= 0.6 is 0 Å². The Morgan fingerprint density at radius 2 is 2.00 bits per heavy atom. The fourth-order valence-corrected chi connectivity index (χ4v) is 0.879. The third kappa shape index (κ3) is 7.50. The van der Waals surface area contributed by atoms with Crippen molar-refractivity contribution in [2.24, 2.45) is 5.73 Å². The van der Waals surface area contributed by atoms with E-state index in [0.717, 1.165) is 17.4 Å². The minimum absolute atomic E-state index is 0.0694. The Morgan fingerprint density at radius 1 is 1.50 bits per heavy atom. The molecule has 1 unspecified atom stereocenters. The van der Waals surface area contributed by atoms with Gasteiger partial charge in [-0.15, -0.1) is 0 Å². The number of carboxylic acids is 1. The second-order valence-electron chi connectivity index (χ2n) is 4.16. The van der Waals surface area contributed by atoms with Crippen molar-refractivity contribution < 1.29 is 14.4 Å². The van der Waals surface area contributed by atoms with Crippen molar-refractivity contribution in [2.75, 3.05) is 27.7 Å². The summed E-state index contributed by atoms with van der Waals surface area (Å²) >= 11 is 0. The van der Waals surface area contributed by atoms with Crippen LogP contribution in [-0.2, 0) is 4.79 Å². The quantitative estimate of drug-likeness (QED) is 0.573. The van der Waals surface area contributed by atoms with E-state index in [9.17, 15) is 4.79 Å². The van der Waals surface area contributed by atoms with E-state index in [2.05, 4.69) is 21.1 Å². The van der Waals surface area contributed by atoms with Gasteiger partial charge in [-0.05, 0) is 0 Å². The first-order chi connectivity index (χ1) is 5.31. The van der Waals surface area contributed by atoms with Crippen LogP contribution in [0, 0.1) is 0 Å². The Hall–Kier alpha value is -0.610. The van der Waals surface area contributed by atoms with Gasteiger partial charge in [-0.25, -0.2) is 0 Å². The van der Waals surface area contributed by atoms with Crippen molar-refractivity contribution in [2.45, 2.75) is 18.9 Å². The normalized spacial score (nSPS) is 14.3. The molecule has 0 heterocycles. The molecule has 0 aliphatic carbocycles. The van der Waals surface area contributed by atoms with Gasteiger partial charge in [-0.1, -0.05) is 0 Å². The van der Waals surface area contributed by atoms with Crippen LogP contribution in [0.25, 0.3) is 0 Å². The molecule has 12 heavy (non-hydrogen) atoms. The lowest BCUT2D eigenvalue weighted by atomic mass is 10.1. The monoisotopic (exact) mass is 175 g/mol. The van der Waals surface area contributed by atoms with Gasteiger partial charge in [-0.3, -0.25) is 4.79 Å². The van der Waals surface area contributed by atoms with E-state index in [0.29, 0.717) is 0 Å². The number of nitrogens with zero attached hydrogens (tertiary/aromatic N) is 1. The molecular weight excluding hydrogens is 156 g/mol. The molecular formula is C8H19N2O2+. The lowest BCUT2D eigenvalue weighted by Gasteiger charge is -2.25. The second-order valence-corrected chi connectivity index (χ2v) is 4.16. The number of hydrogen-bond acceptors (Lipinski definition) is 2. The molecule has 1 atom stereocenters. The van der Waals surface area contributed by atoms with Crippen molar-refractivity contribution in [3.8, 4) is 0 Å². The maximum atomic E-state index is 10.2. The van der Waals surface area contributed by atoms with Crippen molar-refractivity contribution in [3.63, 3.8) is 0 Å². The Balaban J connectivity index is 3.57. The molecule has 0 amide bonds. The molecule has 0 aromatic carbocycles. The molecule has 72 valence electrons. The zero-order valence-electron chi connectivity index (χ0n) is 8.08. The van der Waals surface area contributed by atoms with E-state index in [-0.39, 0.29) is 12.5 Å². The van der Waals surface area contributed by atoms with E-state index in [4.69, 9.17) is 10.8 Å². The van der Waals surface area contributed by atoms with Crippen LogP contribution < -0.4 is 5.73 Å². The molecule has 0 spiro atoms. The number of aliphatic carboxylic acids is 1. The largest absolute Gasteiger partial charge is 0.481 e. The average molecular weight is 175 g/mol. The fraction of sp³-hybridized carbons (Fsp3) is 0.875. The highest BCUT2D eigenvalue weighted by Crippen LogP contribution is 1.99. The topological polar surface area (TPSA) is 63.3 Å². The van der Waals surface area contributed by atoms with Crippen LogP contribution in [0.3, 0.4) is 0 Å². The number of hydrogen-bond donors (Lipinski definition) is 2. The van der Waals surface area contributed by atoms with Crippen molar-refractivity contribution in [3.05, 3.63) is 0 Å². The molecule has 0 fully saturated rings. The molecule has 4 nitrogen and oxygen atoms in total. The summed E-state index contributed by atoms with van der Waals surface area (Å²) in [6.45, 7) is 0.911. The Morgan fingerprint density at radius 3 is 2.33 bits per heavy atom. The first-order valence-corrected chi connectivity index (χ1v) is 4.09. The third-order valence-corrected chi connectivity index (χ3v) is 1.61. The van der Waals surface area contributed by atoms with Gasteiger partial charge < -0.3 is 15.3 Å². The summed E-state index contributed by atoms with van der Waals surface area (Å²) in [5, 5.41) is 8.43. The third-order valence-electron chi connectivity index (χ3n) is 1.61. The summed E-state index contributed by atoms with van der Waals surface area (Å²) < 4.78 is 0.827. The second kappa shape index (κ2) is 4.42. The van der Waals surface area contributed by atoms with Gasteiger partial charge in [0.1, 0.15) is 0 Å². The van der Waals surface area contributed by atoms with Crippen LogP contribution in [-0.4, -0.2) is 49.3 Å². The van der Waals surface area contributed by atoms with Gasteiger partial charge in [0.25, 0.3) is 0 Å². The zero-order chi connectivity index (χ0) is 9.78. The molecule has 0 radical (unpaired) electrons. The highest BCUT2D eigenvalue weighted by molar-refractivity contribution is 5.67. The average Bonchev–Trinajstić information content (AvgIpc) is 1.80. The van der Waals surface area contributed by atoms with Crippen molar-refractivity contribution in [1.82, 2.24) is 0 Å². The molecule has 0 aliphatic heterocycles. The molecule has 3 N–H and O–H groups in total. The minimum atomic E-state index is -0.816. The van der Waals surface area contributed by atoms with Gasteiger partial charge in [0.05, 0.1) is 34.1 Å². The van der Waals surface area contributed by atoms with E-state index >= 15 is 0 Å². The summed E-state index contributed by atoms with van der Waals surface area (Å²) in [7, 11) is 6.19. The fourth-order valence-electron chi connectivity index (χ4n) is 0.879. The summed E-state index contributed by atoms with van der Waals surface area (Å²) in [5.41, 5.74) is 5.59. The van der Waals surface area contributed by atoms with E-state index in [1.165, 1.54) is 0 Å². The maximum absolute atomic E-state index is 10.2. The van der Waals surface area contributed by atoms with Gasteiger partial charge in [-0.2, -0.15) is 0 Å². The van der Waals surface area contributed by atoms with E-state index in [1.54, 1.807) is 0 Å². The van der Waals surface area contributed by atoms with Gasteiger partial charge >= 0.3 is 5.97 Å². The first-order valence-electron chi connectivity index (χ1n) is 4.09. The zero-order valence-corrected chi connectivity index (χ0v) is 8.08. The molecule has 0 bridgehead atoms. The lowest BCUT2D eigenvalue weighted by Crippen LogP contribution is -2.39. The predicted octanol–water partition coefficient (Wildman–Crippen LogP) is -0.115. The Bertz CT molecular complexity index is 152. The Labute approximate surface area is 73.6 Å². The Kier molecular flexibility index (Phi) is 4.20. The van der Waals surface area contributed by atoms with Gasteiger partial charge in [0, 0.05) is 12.5 Å². The molecule has 0 saturated heterocycles. The minimum Gasteiger partial charge on any atom is -0.481 e. The predicted molar refractivity (Wildman–Crippen MR) is 47.7 cm³/mol. The van der Waals surface area contributed by atoms with Crippen LogP contribution in [0.4, 0.5) is 0 Å². The van der Waals surface area contributed by atoms with E-state index in [1.807, 2.05) is 0 Å². The molecule has 0 saturated carbocycles. The SMILES string of the molecule is C[N+](C)(C)CCC(N)CC(=O)O. The smallest absolute Gasteiger partial charge is 0.304 e. The highest BCUT2D eigenvalue weighted by Gasteiger charge is 2.13. The number of carbonyl (C=O) groups is 1. The van der Waals surface area contributed by atoms with Crippen LogP contribution in [0.1, 0.15) is 12.8 Å². The van der Waals surface area contributed by atoms with Crippen LogP contribution in [0.2, 0.25) is 0 Å². The molecule has 0 aromatic heterocycles. The summed E-state index contributed by atoms with van der Waals surface area (Å²) in [4.78, 5) is 10.2. The molecule has 4 heteroatoms. The first kappa shape index (κ1) is 11.4.